The largest absolute Gasteiger partial charge is 0.481 e. The van der Waals surface area contributed by atoms with Crippen molar-refractivity contribution in [2.45, 2.75) is 51.0 Å². The highest BCUT2D eigenvalue weighted by molar-refractivity contribution is 7.87. The van der Waals surface area contributed by atoms with Crippen LogP contribution < -0.4 is 4.72 Å². The van der Waals surface area contributed by atoms with Crippen LogP contribution in [0.4, 0.5) is 0 Å². The average Bonchev–Trinajstić information content (AvgIpc) is 2.75. The highest BCUT2D eigenvalue weighted by atomic mass is 32.2. The number of hydrogen-bond acceptors (Lipinski definition) is 3. The van der Waals surface area contributed by atoms with E-state index in [0.717, 1.165) is 25.7 Å². The van der Waals surface area contributed by atoms with Gasteiger partial charge in [-0.25, -0.2) is 0 Å². The second kappa shape index (κ2) is 5.38. The maximum atomic E-state index is 12.3. The van der Waals surface area contributed by atoms with Crippen molar-refractivity contribution < 1.29 is 18.3 Å². The second-order valence-corrected chi connectivity index (χ2v) is 7.56. The highest BCUT2D eigenvalue weighted by Crippen LogP contribution is 2.30. The van der Waals surface area contributed by atoms with Gasteiger partial charge < -0.3 is 5.11 Å². The minimum absolute atomic E-state index is 0.294. The number of aliphatic carboxylic acids is 1. The number of carboxylic acids is 1. The van der Waals surface area contributed by atoms with E-state index in [1.807, 2.05) is 6.92 Å². The van der Waals surface area contributed by atoms with Gasteiger partial charge >= 0.3 is 5.97 Å². The van der Waals surface area contributed by atoms with Crippen molar-refractivity contribution in [1.82, 2.24) is 9.03 Å². The molecule has 0 atom stereocenters. The molecule has 0 spiro atoms. The Morgan fingerprint density at radius 2 is 1.79 bits per heavy atom. The molecule has 0 unspecified atom stereocenters. The Kier molecular flexibility index (Phi) is 4.17. The van der Waals surface area contributed by atoms with E-state index in [9.17, 15) is 13.2 Å². The molecule has 6 nitrogen and oxygen atoms in total. The molecule has 0 aromatic rings. The molecule has 1 saturated carbocycles. The summed E-state index contributed by atoms with van der Waals surface area (Å²) >= 11 is 0. The van der Waals surface area contributed by atoms with Crippen LogP contribution in [0.5, 0.6) is 0 Å². The third kappa shape index (κ3) is 3.46. The number of rotatable bonds is 4. The van der Waals surface area contributed by atoms with Gasteiger partial charge in [-0.3, -0.25) is 4.79 Å². The molecule has 0 aromatic heterocycles. The molecule has 1 saturated heterocycles. The molecule has 0 amide bonds. The normalized spacial score (nSPS) is 25.5. The SMILES string of the molecule is CC1(NS(=O)(=O)N2CCC(C(=O)O)CC2)CCCC1. The van der Waals surface area contributed by atoms with Crippen LogP contribution in [-0.2, 0) is 15.0 Å². The summed E-state index contributed by atoms with van der Waals surface area (Å²) in [5.41, 5.74) is -0.331. The molecule has 0 radical (unpaired) electrons. The number of nitrogens with one attached hydrogen (secondary N) is 1. The number of carboxylic acid groups (broad SMARTS) is 1. The van der Waals surface area contributed by atoms with Gasteiger partial charge in [-0.15, -0.1) is 0 Å². The number of hydrogen-bond donors (Lipinski definition) is 2. The van der Waals surface area contributed by atoms with Crippen molar-refractivity contribution in [3.05, 3.63) is 0 Å². The van der Waals surface area contributed by atoms with Crippen LogP contribution in [0.1, 0.15) is 45.4 Å². The lowest BCUT2D eigenvalue weighted by Crippen LogP contribution is -2.52. The summed E-state index contributed by atoms with van der Waals surface area (Å²) in [6.07, 6.45) is 4.65. The van der Waals surface area contributed by atoms with E-state index < -0.39 is 22.1 Å². The number of nitrogens with zero attached hydrogens (tertiary/aromatic N) is 1. The Labute approximate surface area is 114 Å². The van der Waals surface area contributed by atoms with Gasteiger partial charge in [-0.05, 0) is 32.6 Å². The summed E-state index contributed by atoms with van der Waals surface area (Å²) in [7, 11) is -3.48. The van der Waals surface area contributed by atoms with Crippen LogP contribution in [0.25, 0.3) is 0 Å². The van der Waals surface area contributed by atoms with Crippen LogP contribution >= 0.6 is 0 Å². The fourth-order valence-electron chi connectivity index (χ4n) is 2.98. The first-order valence-corrected chi connectivity index (χ1v) is 8.28. The average molecular weight is 290 g/mol. The molecule has 7 heteroatoms. The van der Waals surface area contributed by atoms with E-state index in [1.54, 1.807) is 0 Å². The first-order chi connectivity index (χ1) is 8.82. The lowest BCUT2D eigenvalue weighted by Gasteiger charge is -2.33. The van der Waals surface area contributed by atoms with Gasteiger partial charge in [0.05, 0.1) is 5.92 Å². The molecule has 19 heavy (non-hydrogen) atoms. The first-order valence-electron chi connectivity index (χ1n) is 6.84. The van der Waals surface area contributed by atoms with Gasteiger partial charge in [0, 0.05) is 18.6 Å². The minimum atomic E-state index is -3.48. The summed E-state index contributed by atoms with van der Waals surface area (Å²) < 4.78 is 28.8. The molecule has 1 aliphatic heterocycles. The second-order valence-electron chi connectivity index (χ2n) is 5.89. The quantitative estimate of drug-likeness (QED) is 0.807. The molecule has 2 fully saturated rings. The van der Waals surface area contributed by atoms with E-state index >= 15 is 0 Å². The predicted molar refractivity (Wildman–Crippen MR) is 70.9 cm³/mol. The lowest BCUT2D eigenvalue weighted by molar-refractivity contribution is -0.142. The maximum absolute atomic E-state index is 12.3. The molecule has 1 aliphatic carbocycles. The standard InChI is InChI=1S/C12H22N2O4S/c1-12(6-2-3-7-12)13-19(17,18)14-8-4-10(5-9-14)11(15)16/h10,13H,2-9H2,1H3,(H,15,16). The predicted octanol–water partition coefficient (Wildman–Crippen LogP) is 0.950. The fourth-order valence-corrected chi connectivity index (χ4v) is 4.62. The van der Waals surface area contributed by atoms with Gasteiger partial charge in [0.25, 0.3) is 10.2 Å². The molecular weight excluding hydrogens is 268 g/mol. The van der Waals surface area contributed by atoms with Gasteiger partial charge in [0.2, 0.25) is 0 Å². The summed E-state index contributed by atoms with van der Waals surface area (Å²) in [4.78, 5) is 10.9. The van der Waals surface area contributed by atoms with Crippen LogP contribution in [0.15, 0.2) is 0 Å². The van der Waals surface area contributed by atoms with Crippen LogP contribution in [0.3, 0.4) is 0 Å². The molecule has 1 heterocycles. The summed E-state index contributed by atoms with van der Waals surface area (Å²) in [6.45, 7) is 2.53. The third-order valence-corrected chi connectivity index (χ3v) is 6.02. The Balaban J connectivity index is 1.96. The van der Waals surface area contributed by atoms with Crippen molar-refractivity contribution in [3.8, 4) is 0 Å². The molecule has 2 N–H and O–H groups in total. The lowest BCUT2D eigenvalue weighted by atomic mass is 9.99. The van der Waals surface area contributed by atoms with Crippen molar-refractivity contribution in [1.29, 1.82) is 0 Å². The molecule has 110 valence electrons. The number of piperidine rings is 1. The van der Waals surface area contributed by atoms with E-state index in [2.05, 4.69) is 4.72 Å². The Hall–Kier alpha value is -0.660. The Bertz CT molecular complexity index is 435. The Morgan fingerprint density at radius 1 is 1.26 bits per heavy atom. The van der Waals surface area contributed by atoms with Gasteiger partial charge in [0.15, 0.2) is 0 Å². The van der Waals surface area contributed by atoms with Crippen molar-refractivity contribution in [2.24, 2.45) is 5.92 Å². The molecule has 2 rings (SSSR count). The molecule has 0 aromatic carbocycles. The van der Waals surface area contributed by atoms with Gasteiger partial charge in [0.1, 0.15) is 0 Å². The van der Waals surface area contributed by atoms with Crippen LogP contribution in [-0.4, -0.2) is 42.4 Å². The zero-order valence-corrected chi connectivity index (χ0v) is 12.1. The zero-order valence-electron chi connectivity index (χ0n) is 11.3. The van der Waals surface area contributed by atoms with E-state index in [0.29, 0.717) is 25.9 Å². The van der Waals surface area contributed by atoms with E-state index in [4.69, 9.17) is 5.11 Å². The zero-order chi connectivity index (χ0) is 14.1. The summed E-state index contributed by atoms with van der Waals surface area (Å²) in [5.74, 6) is -1.23. The smallest absolute Gasteiger partial charge is 0.306 e. The Morgan fingerprint density at radius 3 is 2.26 bits per heavy atom. The van der Waals surface area contributed by atoms with Crippen molar-refractivity contribution in [2.75, 3.05) is 13.1 Å². The van der Waals surface area contributed by atoms with Crippen molar-refractivity contribution >= 4 is 16.2 Å². The van der Waals surface area contributed by atoms with Crippen molar-refractivity contribution in [3.63, 3.8) is 0 Å². The van der Waals surface area contributed by atoms with Gasteiger partial charge in [-0.2, -0.15) is 17.4 Å². The fraction of sp³-hybridized carbons (Fsp3) is 0.917. The highest BCUT2D eigenvalue weighted by Gasteiger charge is 2.37. The van der Waals surface area contributed by atoms with Gasteiger partial charge in [-0.1, -0.05) is 12.8 Å². The van der Waals surface area contributed by atoms with E-state index in [1.165, 1.54) is 4.31 Å². The first kappa shape index (κ1) is 14.7. The monoisotopic (exact) mass is 290 g/mol. The summed E-state index contributed by atoms with van der Waals surface area (Å²) in [6, 6.07) is 0. The third-order valence-electron chi connectivity index (χ3n) is 4.23. The minimum Gasteiger partial charge on any atom is -0.481 e. The van der Waals surface area contributed by atoms with Crippen LogP contribution in [0.2, 0.25) is 0 Å². The molecule has 0 bridgehead atoms. The summed E-state index contributed by atoms with van der Waals surface area (Å²) in [5, 5.41) is 8.91. The topological polar surface area (TPSA) is 86.7 Å². The maximum Gasteiger partial charge on any atom is 0.306 e. The molecular formula is C12H22N2O4S. The van der Waals surface area contributed by atoms with E-state index in [-0.39, 0.29) is 5.54 Å². The number of carbonyl (C=O) groups is 1. The molecule has 2 aliphatic rings. The van der Waals surface area contributed by atoms with Crippen LogP contribution in [0, 0.1) is 5.92 Å².